The molecule has 1 aliphatic heterocycles. The molecule has 2 heterocycles. The minimum Gasteiger partial charge on any atom is -0.316 e. The predicted octanol–water partition coefficient (Wildman–Crippen LogP) is -0.153. The quantitative estimate of drug-likeness (QED) is 0.608. The maximum Gasteiger partial charge on any atom is 0.264 e. The van der Waals surface area contributed by atoms with Crippen LogP contribution in [0.5, 0.6) is 0 Å². The monoisotopic (exact) mass is 165 g/mol. The second kappa shape index (κ2) is 3.06. The Hall–Kier alpha value is -1.16. The van der Waals surface area contributed by atoms with Gasteiger partial charge in [0.05, 0.1) is 6.20 Å². The average molecular weight is 165 g/mol. The molecule has 1 fully saturated rings. The van der Waals surface area contributed by atoms with Gasteiger partial charge in [-0.25, -0.2) is 5.10 Å². The van der Waals surface area contributed by atoms with Gasteiger partial charge in [-0.15, -0.1) is 0 Å². The van der Waals surface area contributed by atoms with E-state index >= 15 is 0 Å². The fourth-order valence-corrected chi connectivity index (χ4v) is 1.55. The van der Waals surface area contributed by atoms with Crippen molar-refractivity contribution in [1.29, 1.82) is 0 Å². The molecule has 0 aromatic carbocycles. The Labute approximate surface area is 70.0 Å². The van der Waals surface area contributed by atoms with E-state index in [2.05, 4.69) is 15.5 Å². The van der Waals surface area contributed by atoms with Crippen molar-refractivity contribution in [2.75, 3.05) is 13.1 Å². The summed E-state index contributed by atoms with van der Waals surface area (Å²) in [4.78, 5) is 10.9. The van der Waals surface area contributed by atoms with Gasteiger partial charge in [-0.2, -0.15) is 5.10 Å². The van der Waals surface area contributed by atoms with Gasteiger partial charge < -0.3 is 5.32 Å². The molecule has 1 aliphatic rings. The largest absolute Gasteiger partial charge is 0.316 e. The van der Waals surface area contributed by atoms with E-state index in [1.807, 2.05) is 0 Å². The van der Waals surface area contributed by atoms with Crippen molar-refractivity contribution in [3.05, 3.63) is 28.2 Å². The molecule has 1 saturated heterocycles. The van der Waals surface area contributed by atoms with Crippen LogP contribution >= 0.6 is 0 Å². The van der Waals surface area contributed by atoms with Crippen LogP contribution in [0.1, 0.15) is 17.9 Å². The van der Waals surface area contributed by atoms with Crippen molar-refractivity contribution in [3.63, 3.8) is 0 Å². The Morgan fingerprint density at radius 2 is 2.50 bits per heavy atom. The fourth-order valence-electron chi connectivity index (χ4n) is 1.55. The minimum atomic E-state index is -0.112. The van der Waals surface area contributed by atoms with Gasteiger partial charge in [0.1, 0.15) is 0 Å². The maximum atomic E-state index is 10.9. The van der Waals surface area contributed by atoms with E-state index in [4.69, 9.17) is 0 Å². The molecular formula is C8H11N3O. The number of nitrogens with one attached hydrogen (secondary N) is 2. The first-order valence-electron chi connectivity index (χ1n) is 4.11. The average Bonchev–Trinajstić information content (AvgIpc) is 2.56. The van der Waals surface area contributed by atoms with Crippen LogP contribution in [0.15, 0.2) is 17.1 Å². The van der Waals surface area contributed by atoms with Gasteiger partial charge in [-0.3, -0.25) is 4.79 Å². The molecule has 0 unspecified atom stereocenters. The Balaban J connectivity index is 2.27. The van der Waals surface area contributed by atoms with Gasteiger partial charge in [0.15, 0.2) is 0 Å². The molecule has 0 radical (unpaired) electrons. The zero-order chi connectivity index (χ0) is 8.39. The second-order valence-electron chi connectivity index (χ2n) is 3.07. The molecule has 1 aromatic rings. The highest BCUT2D eigenvalue weighted by Crippen LogP contribution is 2.19. The van der Waals surface area contributed by atoms with E-state index in [0.717, 1.165) is 25.1 Å². The smallest absolute Gasteiger partial charge is 0.264 e. The highest BCUT2D eigenvalue weighted by atomic mass is 16.1. The van der Waals surface area contributed by atoms with E-state index in [9.17, 15) is 4.79 Å². The molecule has 0 aliphatic carbocycles. The standard InChI is InChI=1S/C8H11N3O/c12-8-3-7(5-10-11-8)6-1-2-9-4-6/h3,5-6,9H,1-2,4H2,(H,11,12)/t6-/m1/s1. The van der Waals surface area contributed by atoms with Crippen LogP contribution in [-0.4, -0.2) is 23.3 Å². The SMILES string of the molecule is O=c1cc([C@@H]2CCNC2)cn[nH]1. The normalized spacial score (nSPS) is 22.8. The summed E-state index contributed by atoms with van der Waals surface area (Å²) in [6.45, 7) is 2.00. The number of aromatic amines is 1. The number of aromatic nitrogens is 2. The predicted molar refractivity (Wildman–Crippen MR) is 45.1 cm³/mol. The molecule has 1 atom stereocenters. The number of rotatable bonds is 1. The molecule has 12 heavy (non-hydrogen) atoms. The van der Waals surface area contributed by atoms with Crippen LogP contribution in [0, 0.1) is 0 Å². The summed E-state index contributed by atoms with van der Waals surface area (Å²) >= 11 is 0. The third kappa shape index (κ3) is 1.38. The van der Waals surface area contributed by atoms with Crippen molar-refractivity contribution >= 4 is 0 Å². The lowest BCUT2D eigenvalue weighted by atomic mass is 10.0. The molecule has 64 valence electrons. The lowest BCUT2D eigenvalue weighted by Crippen LogP contribution is -2.12. The van der Waals surface area contributed by atoms with Crippen LogP contribution < -0.4 is 10.9 Å². The Morgan fingerprint density at radius 3 is 3.17 bits per heavy atom. The van der Waals surface area contributed by atoms with Crippen LogP contribution in [-0.2, 0) is 0 Å². The molecule has 0 bridgehead atoms. The van der Waals surface area contributed by atoms with E-state index in [-0.39, 0.29) is 5.56 Å². The molecule has 4 nitrogen and oxygen atoms in total. The lowest BCUT2D eigenvalue weighted by Gasteiger charge is -2.05. The molecule has 0 saturated carbocycles. The summed E-state index contributed by atoms with van der Waals surface area (Å²) in [5, 5.41) is 9.38. The molecule has 4 heteroatoms. The van der Waals surface area contributed by atoms with Crippen molar-refractivity contribution in [1.82, 2.24) is 15.5 Å². The molecule has 0 spiro atoms. The first-order chi connectivity index (χ1) is 5.86. The molecule has 2 rings (SSSR count). The first-order valence-corrected chi connectivity index (χ1v) is 4.11. The minimum absolute atomic E-state index is 0.112. The van der Waals surface area contributed by atoms with E-state index in [1.165, 1.54) is 0 Å². The molecule has 2 N–H and O–H groups in total. The Morgan fingerprint density at radius 1 is 1.58 bits per heavy atom. The summed E-state index contributed by atoms with van der Waals surface area (Å²) in [7, 11) is 0. The Bertz CT molecular complexity index is 314. The molecular weight excluding hydrogens is 154 g/mol. The topological polar surface area (TPSA) is 57.8 Å². The van der Waals surface area contributed by atoms with Crippen LogP contribution in [0.25, 0.3) is 0 Å². The van der Waals surface area contributed by atoms with Gasteiger partial charge in [0.25, 0.3) is 5.56 Å². The van der Waals surface area contributed by atoms with Crippen molar-refractivity contribution in [3.8, 4) is 0 Å². The summed E-state index contributed by atoms with van der Waals surface area (Å²) in [6, 6.07) is 1.63. The van der Waals surface area contributed by atoms with Gasteiger partial charge in [-0.05, 0) is 24.4 Å². The number of hydrogen-bond donors (Lipinski definition) is 2. The maximum absolute atomic E-state index is 10.9. The van der Waals surface area contributed by atoms with Gasteiger partial charge in [-0.1, -0.05) is 0 Å². The fraction of sp³-hybridized carbons (Fsp3) is 0.500. The number of hydrogen-bond acceptors (Lipinski definition) is 3. The third-order valence-electron chi connectivity index (χ3n) is 2.22. The van der Waals surface area contributed by atoms with E-state index < -0.39 is 0 Å². The van der Waals surface area contributed by atoms with E-state index in [1.54, 1.807) is 12.3 Å². The van der Waals surface area contributed by atoms with E-state index in [0.29, 0.717) is 5.92 Å². The summed E-state index contributed by atoms with van der Waals surface area (Å²) in [6.07, 6.45) is 2.84. The third-order valence-corrected chi connectivity index (χ3v) is 2.22. The zero-order valence-corrected chi connectivity index (χ0v) is 6.71. The first kappa shape index (κ1) is 7.49. The highest BCUT2D eigenvalue weighted by Gasteiger charge is 2.16. The van der Waals surface area contributed by atoms with Crippen molar-refractivity contribution < 1.29 is 0 Å². The molecule has 1 aromatic heterocycles. The number of nitrogens with zero attached hydrogens (tertiary/aromatic N) is 1. The summed E-state index contributed by atoms with van der Waals surface area (Å²) in [5.74, 6) is 0.472. The molecule has 0 amide bonds. The summed E-state index contributed by atoms with van der Waals surface area (Å²) < 4.78 is 0. The lowest BCUT2D eigenvalue weighted by molar-refractivity contribution is 0.748. The van der Waals surface area contributed by atoms with Crippen molar-refractivity contribution in [2.24, 2.45) is 0 Å². The van der Waals surface area contributed by atoms with Gasteiger partial charge in [0.2, 0.25) is 0 Å². The zero-order valence-electron chi connectivity index (χ0n) is 6.71. The van der Waals surface area contributed by atoms with Crippen LogP contribution in [0.2, 0.25) is 0 Å². The summed E-state index contributed by atoms with van der Waals surface area (Å²) in [5.41, 5.74) is 0.933. The van der Waals surface area contributed by atoms with Crippen molar-refractivity contribution in [2.45, 2.75) is 12.3 Å². The second-order valence-corrected chi connectivity index (χ2v) is 3.07. The number of H-pyrrole nitrogens is 1. The highest BCUT2D eigenvalue weighted by molar-refractivity contribution is 5.14. The van der Waals surface area contributed by atoms with Crippen LogP contribution in [0.3, 0.4) is 0 Å². The van der Waals surface area contributed by atoms with Gasteiger partial charge in [0, 0.05) is 12.6 Å². The Kier molecular flexibility index (Phi) is 1.91. The van der Waals surface area contributed by atoms with Gasteiger partial charge >= 0.3 is 0 Å². The van der Waals surface area contributed by atoms with Crippen LogP contribution in [0.4, 0.5) is 0 Å².